The second-order valence-electron chi connectivity index (χ2n) is 9.33. The predicted molar refractivity (Wildman–Crippen MR) is 118 cm³/mol. The summed E-state index contributed by atoms with van der Waals surface area (Å²) in [6.45, 7) is 7.28. The molecule has 4 rings (SSSR count). The predicted octanol–water partition coefficient (Wildman–Crippen LogP) is 1.34. The van der Waals surface area contributed by atoms with E-state index in [-0.39, 0.29) is 42.1 Å². The molecule has 32 heavy (non-hydrogen) atoms. The molecule has 1 unspecified atom stereocenters. The molecule has 1 aromatic heterocycles. The van der Waals surface area contributed by atoms with Crippen LogP contribution in [0.3, 0.4) is 0 Å². The Morgan fingerprint density at radius 1 is 1.00 bits per heavy atom. The number of likely N-dealkylation sites (tertiary alicyclic amines) is 1. The van der Waals surface area contributed by atoms with Crippen LogP contribution in [0.2, 0.25) is 0 Å². The molecular formula is C23H33N5O4. The summed E-state index contributed by atoms with van der Waals surface area (Å²) in [6.07, 6.45) is 6.50. The van der Waals surface area contributed by atoms with Crippen LogP contribution < -0.4 is 4.90 Å². The lowest BCUT2D eigenvalue weighted by atomic mass is 9.81. The number of carbonyl (C=O) groups is 3. The van der Waals surface area contributed by atoms with Crippen molar-refractivity contribution in [2.45, 2.75) is 45.6 Å². The minimum absolute atomic E-state index is 0.0867. The topological polar surface area (TPSA) is 95.9 Å². The molecule has 1 saturated carbocycles. The summed E-state index contributed by atoms with van der Waals surface area (Å²) >= 11 is 0. The van der Waals surface area contributed by atoms with E-state index < -0.39 is 6.10 Å². The van der Waals surface area contributed by atoms with Gasteiger partial charge < -0.3 is 9.64 Å². The first kappa shape index (κ1) is 22.6. The molecule has 3 fully saturated rings. The Morgan fingerprint density at radius 2 is 1.59 bits per heavy atom. The minimum Gasteiger partial charge on any atom is -0.459 e. The standard InChI is InChI=1S/C23H33N5O4/c1-16(2)22(31)32-17(15-28-20(29)18-6-3-4-7-19(18)21(28)30)14-26-10-12-27(13-11-26)23-24-8-5-9-25-23/h5,8-9,16-19H,3-4,6-7,10-15H2,1-2H3/t17?,18-,19+. The number of rotatable bonds is 7. The molecule has 1 aliphatic carbocycles. The van der Waals surface area contributed by atoms with Gasteiger partial charge in [0.15, 0.2) is 0 Å². The average Bonchev–Trinajstić information content (AvgIpc) is 3.05. The van der Waals surface area contributed by atoms with Crippen molar-refractivity contribution in [2.24, 2.45) is 17.8 Å². The van der Waals surface area contributed by atoms with Gasteiger partial charge in [0.2, 0.25) is 17.8 Å². The van der Waals surface area contributed by atoms with Gasteiger partial charge in [-0.2, -0.15) is 0 Å². The molecule has 2 saturated heterocycles. The lowest BCUT2D eigenvalue weighted by Crippen LogP contribution is -2.52. The largest absolute Gasteiger partial charge is 0.459 e. The molecule has 2 aliphatic heterocycles. The molecule has 9 nitrogen and oxygen atoms in total. The van der Waals surface area contributed by atoms with Gasteiger partial charge in [0.1, 0.15) is 6.10 Å². The number of hydrogen-bond acceptors (Lipinski definition) is 8. The Bertz CT molecular complexity index is 801. The first-order valence-electron chi connectivity index (χ1n) is 11.7. The molecular weight excluding hydrogens is 410 g/mol. The first-order valence-corrected chi connectivity index (χ1v) is 11.7. The van der Waals surface area contributed by atoms with Crippen LogP contribution in [0.15, 0.2) is 18.5 Å². The number of imide groups is 1. The van der Waals surface area contributed by atoms with E-state index in [1.54, 1.807) is 32.3 Å². The van der Waals surface area contributed by atoms with Gasteiger partial charge in [-0.25, -0.2) is 9.97 Å². The van der Waals surface area contributed by atoms with Gasteiger partial charge in [0, 0.05) is 45.1 Å². The highest BCUT2D eigenvalue weighted by Gasteiger charge is 2.48. The van der Waals surface area contributed by atoms with Gasteiger partial charge in [-0.05, 0) is 18.9 Å². The third-order valence-electron chi connectivity index (χ3n) is 6.74. The van der Waals surface area contributed by atoms with Crippen LogP contribution >= 0.6 is 0 Å². The zero-order chi connectivity index (χ0) is 22.7. The quantitative estimate of drug-likeness (QED) is 0.460. The maximum atomic E-state index is 12.9. The zero-order valence-electron chi connectivity index (χ0n) is 19.0. The molecule has 1 aromatic rings. The highest BCUT2D eigenvalue weighted by atomic mass is 16.5. The van der Waals surface area contributed by atoms with Crippen LogP contribution in [0.1, 0.15) is 39.5 Å². The number of fused-ring (bicyclic) bond motifs is 1. The molecule has 9 heteroatoms. The molecule has 3 heterocycles. The lowest BCUT2D eigenvalue weighted by molar-refractivity contribution is -0.158. The van der Waals surface area contributed by atoms with Crippen molar-refractivity contribution in [1.82, 2.24) is 19.8 Å². The SMILES string of the molecule is CC(C)C(=O)OC(CN1CCN(c2ncccn2)CC1)CN1C(=O)[C@H]2CCCC[C@H]2C1=O. The van der Waals surface area contributed by atoms with E-state index in [1.165, 1.54) is 4.90 Å². The van der Waals surface area contributed by atoms with E-state index >= 15 is 0 Å². The van der Waals surface area contributed by atoms with Crippen molar-refractivity contribution in [1.29, 1.82) is 0 Å². The summed E-state index contributed by atoms with van der Waals surface area (Å²) in [5, 5.41) is 0. The van der Waals surface area contributed by atoms with E-state index in [9.17, 15) is 14.4 Å². The molecule has 0 bridgehead atoms. The number of carbonyl (C=O) groups excluding carboxylic acids is 3. The number of esters is 1. The van der Waals surface area contributed by atoms with Gasteiger partial charge in [0.25, 0.3) is 0 Å². The van der Waals surface area contributed by atoms with Gasteiger partial charge in [0.05, 0.1) is 24.3 Å². The van der Waals surface area contributed by atoms with Crippen molar-refractivity contribution in [2.75, 3.05) is 44.2 Å². The summed E-state index contributed by atoms with van der Waals surface area (Å²) in [5.41, 5.74) is 0. The first-order chi connectivity index (χ1) is 15.4. The number of hydrogen-bond donors (Lipinski definition) is 0. The van der Waals surface area contributed by atoms with Crippen LogP contribution in [-0.4, -0.2) is 82.9 Å². The van der Waals surface area contributed by atoms with E-state index in [4.69, 9.17) is 4.74 Å². The van der Waals surface area contributed by atoms with E-state index in [0.29, 0.717) is 12.5 Å². The fraction of sp³-hybridized carbons (Fsp3) is 0.696. The van der Waals surface area contributed by atoms with Gasteiger partial charge in [-0.3, -0.25) is 24.2 Å². The smallest absolute Gasteiger partial charge is 0.308 e. The second-order valence-corrected chi connectivity index (χ2v) is 9.33. The Balaban J connectivity index is 1.39. The van der Waals surface area contributed by atoms with Crippen molar-refractivity contribution in [3.8, 4) is 0 Å². The van der Waals surface area contributed by atoms with Crippen LogP contribution in [0.5, 0.6) is 0 Å². The van der Waals surface area contributed by atoms with E-state index in [1.807, 2.05) is 0 Å². The second kappa shape index (κ2) is 9.94. The van der Waals surface area contributed by atoms with Crippen LogP contribution in [-0.2, 0) is 19.1 Å². The number of piperazine rings is 1. The maximum absolute atomic E-state index is 12.9. The van der Waals surface area contributed by atoms with E-state index in [2.05, 4.69) is 19.8 Å². The highest BCUT2D eigenvalue weighted by Crippen LogP contribution is 2.38. The number of anilines is 1. The number of nitrogens with zero attached hydrogens (tertiary/aromatic N) is 5. The summed E-state index contributed by atoms with van der Waals surface area (Å²) in [7, 11) is 0. The molecule has 0 radical (unpaired) electrons. The number of amides is 2. The molecule has 174 valence electrons. The van der Waals surface area contributed by atoms with Gasteiger partial charge in [-0.1, -0.05) is 26.7 Å². The Hall–Kier alpha value is -2.55. The monoisotopic (exact) mass is 443 g/mol. The van der Waals surface area contributed by atoms with E-state index in [0.717, 1.165) is 51.9 Å². The fourth-order valence-corrected chi connectivity index (χ4v) is 4.92. The maximum Gasteiger partial charge on any atom is 0.308 e. The van der Waals surface area contributed by atoms with Crippen molar-refractivity contribution < 1.29 is 19.1 Å². The van der Waals surface area contributed by atoms with Crippen molar-refractivity contribution >= 4 is 23.7 Å². The highest BCUT2D eigenvalue weighted by molar-refractivity contribution is 6.05. The zero-order valence-corrected chi connectivity index (χ0v) is 19.0. The lowest BCUT2D eigenvalue weighted by Gasteiger charge is -2.36. The fourth-order valence-electron chi connectivity index (χ4n) is 4.92. The molecule has 0 spiro atoms. The number of ether oxygens (including phenoxy) is 1. The molecule has 3 atom stereocenters. The molecule has 0 N–H and O–H groups in total. The number of aromatic nitrogens is 2. The summed E-state index contributed by atoms with van der Waals surface area (Å²) in [4.78, 5) is 52.6. The van der Waals surface area contributed by atoms with Crippen LogP contribution in [0.4, 0.5) is 5.95 Å². The summed E-state index contributed by atoms with van der Waals surface area (Å²) in [6, 6.07) is 1.80. The molecule has 3 aliphatic rings. The molecule has 0 aromatic carbocycles. The Kier molecular flexibility index (Phi) is 7.03. The minimum atomic E-state index is -0.530. The van der Waals surface area contributed by atoms with Gasteiger partial charge >= 0.3 is 5.97 Å². The molecule has 2 amide bonds. The van der Waals surface area contributed by atoms with Crippen molar-refractivity contribution in [3.63, 3.8) is 0 Å². The summed E-state index contributed by atoms with van der Waals surface area (Å²) < 4.78 is 5.77. The summed E-state index contributed by atoms with van der Waals surface area (Å²) in [5.74, 6) is -0.405. The van der Waals surface area contributed by atoms with Gasteiger partial charge in [-0.15, -0.1) is 0 Å². The Morgan fingerprint density at radius 3 is 2.16 bits per heavy atom. The Labute approximate surface area is 189 Å². The normalized spacial score (nSPS) is 25.2. The third kappa shape index (κ3) is 4.92. The average molecular weight is 444 g/mol. The van der Waals surface area contributed by atoms with Crippen LogP contribution in [0.25, 0.3) is 0 Å². The van der Waals surface area contributed by atoms with Crippen LogP contribution in [0, 0.1) is 17.8 Å². The third-order valence-corrected chi connectivity index (χ3v) is 6.74. The van der Waals surface area contributed by atoms with Crippen molar-refractivity contribution in [3.05, 3.63) is 18.5 Å².